The average Bonchev–Trinajstić information content (AvgIpc) is 2.62. The third-order valence-corrected chi connectivity index (χ3v) is 4.76. The molecule has 21 heavy (non-hydrogen) atoms. The van der Waals surface area contributed by atoms with Crippen molar-refractivity contribution in [3.8, 4) is 0 Å². The van der Waals surface area contributed by atoms with E-state index in [2.05, 4.69) is 32.3 Å². The Labute approximate surface area is 143 Å². The van der Waals surface area contributed by atoms with Crippen molar-refractivity contribution >= 4 is 55.2 Å². The number of imidazole rings is 1. The summed E-state index contributed by atoms with van der Waals surface area (Å²) in [5.41, 5.74) is 1.19. The highest BCUT2D eigenvalue weighted by molar-refractivity contribution is 14.1. The number of fused-ring (bicyclic) bond motifs is 1. The fourth-order valence-corrected chi connectivity index (χ4v) is 4.11. The second-order valence-corrected chi connectivity index (χ2v) is 8.90. The summed E-state index contributed by atoms with van der Waals surface area (Å²) in [6.07, 6.45) is 1.16. The molecule has 0 aliphatic carbocycles. The fourth-order valence-electron chi connectivity index (χ4n) is 2.36. The van der Waals surface area contributed by atoms with E-state index in [0.29, 0.717) is 6.54 Å². The third-order valence-electron chi connectivity index (χ3n) is 2.92. The van der Waals surface area contributed by atoms with Crippen molar-refractivity contribution in [2.24, 2.45) is 0 Å². The standard InChI is InChI=1S/C13H17ClIN3O2S/c1-13(2,17-21(3,19)20)8-18-11-5-4-9(15)6-10(11)16-12(18)7-14/h4-6,17H,7-8H2,1-3H3. The zero-order valence-electron chi connectivity index (χ0n) is 12.0. The van der Waals surface area contributed by atoms with Gasteiger partial charge in [0.1, 0.15) is 5.82 Å². The summed E-state index contributed by atoms with van der Waals surface area (Å²) < 4.78 is 28.7. The maximum atomic E-state index is 11.5. The monoisotopic (exact) mass is 441 g/mol. The summed E-state index contributed by atoms with van der Waals surface area (Å²) in [5, 5.41) is 0. The molecular weight excluding hydrogens is 425 g/mol. The van der Waals surface area contributed by atoms with Gasteiger partial charge in [-0.2, -0.15) is 0 Å². The van der Waals surface area contributed by atoms with Gasteiger partial charge in [0.05, 0.1) is 23.2 Å². The number of benzene rings is 1. The van der Waals surface area contributed by atoms with Crippen LogP contribution in [0.15, 0.2) is 18.2 Å². The van der Waals surface area contributed by atoms with Crippen molar-refractivity contribution in [2.75, 3.05) is 6.26 Å². The molecular formula is C13H17ClIN3O2S. The first-order valence-electron chi connectivity index (χ1n) is 6.31. The summed E-state index contributed by atoms with van der Waals surface area (Å²) in [6.45, 7) is 4.13. The van der Waals surface area contributed by atoms with Crippen molar-refractivity contribution < 1.29 is 8.42 Å². The molecule has 5 nitrogen and oxygen atoms in total. The lowest BCUT2D eigenvalue weighted by atomic mass is 10.1. The molecule has 2 aromatic rings. The van der Waals surface area contributed by atoms with Gasteiger partial charge in [0, 0.05) is 15.7 Å². The molecule has 8 heteroatoms. The van der Waals surface area contributed by atoms with Crippen molar-refractivity contribution in [3.63, 3.8) is 0 Å². The predicted octanol–water partition coefficient (Wildman–Crippen LogP) is 2.71. The summed E-state index contributed by atoms with van der Waals surface area (Å²) in [4.78, 5) is 4.52. The highest BCUT2D eigenvalue weighted by atomic mass is 127. The molecule has 1 N–H and O–H groups in total. The predicted molar refractivity (Wildman–Crippen MR) is 94.1 cm³/mol. The number of halogens is 2. The second-order valence-electron chi connectivity index (χ2n) is 5.64. The maximum absolute atomic E-state index is 11.5. The van der Waals surface area contributed by atoms with E-state index in [1.807, 2.05) is 36.6 Å². The first-order chi connectivity index (χ1) is 9.61. The van der Waals surface area contributed by atoms with Gasteiger partial charge in [-0.1, -0.05) is 0 Å². The van der Waals surface area contributed by atoms with Gasteiger partial charge in [0.2, 0.25) is 10.0 Å². The Morgan fingerprint density at radius 1 is 1.43 bits per heavy atom. The summed E-state index contributed by atoms with van der Waals surface area (Å²) >= 11 is 8.21. The van der Waals surface area contributed by atoms with E-state index < -0.39 is 15.6 Å². The highest BCUT2D eigenvalue weighted by Gasteiger charge is 2.25. The molecule has 0 saturated heterocycles. The number of alkyl halides is 1. The van der Waals surface area contributed by atoms with Gasteiger partial charge in [0.15, 0.2) is 0 Å². The van der Waals surface area contributed by atoms with Gasteiger partial charge in [-0.3, -0.25) is 0 Å². The van der Waals surface area contributed by atoms with Gasteiger partial charge >= 0.3 is 0 Å². The van der Waals surface area contributed by atoms with Crippen LogP contribution in [0.25, 0.3) is 11.0 Å². The number of aromatic nitrogens is 2. The van der Waals surface area contributed by atoms with Gasteiger partial charge in [-0.25, -0.2) is 18.1 Å². The van der Waals surface area contributed by atoms with Gasteiger partial charge in [-0.15, -0.1) is 11.6 Å². The van der Waals surface area contributed by atoms with Crippen LogP contribution in [0.1, 0.15) is 19.7 Å². The average molecular weight is 442 g/mol. The van der Waals surface area contributed by atoms with Crippen LogP contribution < -0.4 is 4.72 Å². The fraction of sp³-hybridized carbons (Fsp3) is 0.462. The van der Waals surface area contributed by atoms with E-state index in [9.17, 15) is 8.42 Å². The Morgan fingerprint density at radius 3 is 2.67 bits per heavy atom. The van der Waals surface area contributed by atoms with Gasteiger partial charge in [-0.05, 0) is 54.6 Å². The molecule has 0 atom stereocenters. The third kappa shape index (κ3) is 4.30. The Morgan fingerprint density at radius 2 is 2.10 bits per heavy atom. The molecule has 1 aromatic carbocycles. The summed E-state index contributed by atoms with van der Waals surface area (Å²) in [7, 11) is -3.28. The van der Waals surface area contributed by atoms with E-state index in [1.165, 1.54) is 0 Å². The van der Waals surface area contributed by atoms with Crippen LogP contribution in [0, 0.1) is 3.57 Å². The van der Waals surface area contributed by atoms with Crippen LogP contribution in [-0.2, 0) is 22.4 Å². The first kappa shape index (κ1) is 17.0. The number of hydrogen-bond donors (Lipinski definition) is 1. The summed E-state index contributed by atoms with van der Waals surface area (Å²) in [5.74, 6) is 1.01. The molecule has 0 amide bonds. The number of rotatable bonds is 5. The van der Waals surface area contributed by atoms with Crippen LogP contribution in [-0.4, -0.2) is 29.8 Å². The van der Waals surface area contributed by atoms with Crippen molar-refractivity contribution in [3.05, 3.63) is 27.6 Å². The van der Waals surface area contributed by atoms with Crippen molar-refractivity contribution in [1.82, 2.24) is 14.3 Å². The van der Waals surface area contributed by atoms with E-state index in [-0.39, 0.29) is 5.88 Å². The van der Waals surface area contributed by atoms with Crippen LogP contribution >= 0.6 is 34.2 Å². The molecule has 1 heterocycles. The first-order valence-corrected chi connectivity index (χ1v) is 9.81. The lowest BCUT2D eigenvalue weighted by Crippen LogP contribution is -2.46. The molecule has 0 aliphatic rings. The molecule has 2 rings (SSSR count). The van der Waals surface area contributed by atoms with Crippen molar-refractivity contribution in [1.29, 1.82) is 0 Å². The zero-order valence-corrected chi connectivity index (χ0v) is 15.8. The normalized spacial score (nSPS) is 13.0. The Bertz CT molecular complexity index is 771. The van der Waals surface area contributed by atoms with Crippen molar-refractivity contribution in [2.45, 2.75) is 31.8 Å². The van der Waals surface area contributed by atoms with Crippen LogP contribution in [0.5, 0.6) is 0 Å². The molecule has 0 saturated carbocycles. The van der Waals surface area contributed by atoms with Crippen LogP contribution in [0.3, 0.4) is 0 Å². The second kappa shape index (κ2) is 6.02. The minimum Gasteiger partial charge on any atom is -0.325 e. The van der Waals surface area contributed by atoms with Crippen LogP contribution in [0.4, 0.5) is 0 Å². The molecule has 0 bridgehead atoms. The van der Waals surface area contributed by atoms with Gasteiger partial charge < -0.3 is 4.57 Å². The quantitative estimate of drug-likeness (QED) is 0.573. The van der Waals surface area contributed by atoms with E-state index in [0.717, 1.165) is 26.7 Å². The largest absolute Gasteiger partial charge is 0.325 e. The number of sulfonamides is 1. The highest BCUT2D eigenvalue weighted by Crippen LogP contribution is 2.22. The van der Waals surface area contributed by atoms with E-state index in [1.54, 1.807) is 0 Å². The molecule has 1 aromatic heterocycles. The topological polar surface area (TPSA) is 64.0 Å². The lowest BCUT2D eigenvalue weighted by molar-refractivity contribution is 0.392. The molecule has 116 valence electrons. The zero-order chi connectivity index (χ0) is 15.8. The van der Waals surface area contributed by atoms with Crippen LogP contribution in [0.2, 0.25) is 0 Å². The molecule has 0 fully saturated rings. The molecule has 0 aliphatic heterocycles. The SMILES string of the molecule is CC(C)(Cn1c(CCl)nc2cc(I)ccc21)NS(C)(=O)=O. The number of hydrogen-bond acceptors (Lipinski definition) is 3. The molecule has 0 spiro atoms. The molecule has 0 radical (unpaired) electrons. The van der Waals surface area contributed by atoms with Gasteiger partial charge in [0.25, 0.3) is 0 Å². The lowest BCUT2D eigenvalue weighted by Gasteiger charge is -2.26. The smallest absolute Gasteiger partial charge is 0.209 e. The van der Waals surface area contributed by atoms with E-state index >= 15 is 0 Å². The minimum atomic E-state index is -3.28. The number of nitrogens with zero attached hydrogens (tertiary/aromatic N) is 2. The Kier molecular flexibility index (Phi) is 4.87. The van der Waals surface area contributed by atoms with E-state index in [4.69, 9.17) is 11.6 Å². The Hall–Kier alpha value is -0.380. The number of nitrogens with one attached hydrogen (secondary N) is 1. The Balaban J connectivity index is 2.46. The maximum Gasteiger partial charge on any atom is 0.209 e. The molecule has 0 unspecified atom stereocenters. The summed E-state index contributed by atoms with van der Waals surface area (Å²) in [6, 6.07) is 5.96. The minimum absolute atomic E-state index is 0.278.